The van der Waals surface area contributed by atoms with E-state index in [1.165, 1.54) is 0 Å². The van der Waals surface area contributed by atoms with E-state index >= 15 is 0 Å². The van der Waals surface area contributed by atoms with E-state index in [0.29, 0.717) is 0 Å². The molecule has 0 aliphatic carbocycles. The summed E-state index contributed by atoms with van der Waals surface area (Å²) in [5.74, 6) is -0.325. The third-order valence-electron chi connectivity index (χ3n) is 2.67. The molecule has 4 heteroatoms. The zero-order valence-electron chi connectivity index (χ0n) is 11.6. The van der Waals surface area contributed by atoms with Gasteiger partial charge in [0, 0.05) is 0 Å². The summed E-state index contributed by atoms with van der Waals surface area (Å²) in [5.41, 5.74) is -0.370. The summed E-state index contributed by atoms with van der Waals surface area (Å²) in [6.45, 7) is 9.53. The van der Waals surface area contributed by atoms with Gasteiger partial charge in [-0.1, -0.05) is 20.8 Å². The van der Waals surface area contributed by atoms with Gasteiger partial charge in [-0.15, -0.1) is 0 Å². The molecule has 0 fully saturated rings. The summed E-state index contributed by atoms with van der Waals surface area (Å²) in [6, 6.07) is 0. The lowest BCUT2D eigenvalue weighted by Gasteiger charge is -2.27. The summed E-state index contributed by atoms with van der Waals surface area (Å²) in [6.07, 6.45) is 0.680. The summed E-state index contributed by atoms with van der Waals surface area (Å²) < 4.78 is 4.98. The fourth-order valence-corrected chi connectivity index (χ4v) is 1.21. The average Bonchev–Trinajstić information content (AvgIpc) is 2.21. The van der Waals surface area contributed by atoms with Crippen molar-refractivity contribution in [2.45, 2.75) is 53.6 Å². The summed E-state index contributed by atoms with van der Waals surface area (Å²) in [5, 5.41) is 17.7. The Morgan fingerprint density at radius 2 is 1.71 bits per heavy atom. The number of carbonyl (C=O) groups excluding carboxylic acids is 1. The van der Waals surface area contributed by atoms with Crippen LogP contribution in [0.25, 0.3) is 0 Å². The SMILES string of the molecule is CC(C)(C)CCC(C)(C)C(=O)OCC(O)CO. The zero-order chi connectivity index (χ0) is 13.7. The van der Waals surface area contributed by atoms with Crippen LogP contribution in [-0.2, 0) is 9.53 Å². The first kappa shape index (κ1) is 16.4. The number of hydrogen-bond donors (Lipinski definition) is 2. The monoisotopic (exact) mass is 246 g/mol. The van der Waals surface area contributed by atoms with Crippen molar-refractivity contribution in [3.8, 4) is 0 Å². The normalized spacial score (nSPS) is 14.5. The Balaban J connectivity index is 4.16. The molecule has 2 N–H and O–H groups in total. The van der Waals surface area contributed by atoms with Gasteiger partial charge in [0.2, 0.25) is 0 Å². The predicted molar refractivity (Wildman–Crippen MR) is 66.5 cm³/mol. The Kier molecular flexibility index (Phi) is 6.13. The largest absolute Gasteiger partial charge is 0.462 e. The van der Waals surface area contributed by atoms with Crippen LogP contribution < -0.4 is 0 Å². The molecule has 0 aromatic rings. The lowest BCUT2D eigenvalue weighted by atomic mass is 9.80. The van der Waals surface area contributed by atoms with Gasteiger partial charge in [0.05, 0.1) is 12.0 Å². The molecule has 0 aromatic heterocycles. The van der Waals surface area contributed by atoms with Crippen molar-refractivity contribution in [3.05, 3.63) is 0 Å². The van der Waals surface area contributed by atoms with Gasteiger partial charge in [-0.05, 0) is 32.1 Å². The fraction of sp³-hybridized carbons (Fsp3) is 0.923. The molecular formula is C13H26O4. The molecule has 0 aliphatic heterocycles. The molecule has 102 valence electrons. The van der Waals surface area contributed by atoms with E-state index in [1.807, 2.05) is 13.8 Å². The lowest BCUT2D eigenvalue weighted by Crippen LogP contribution is -2.31. The zero-order valence-corrected chi connectivity index (χ0v) is 11.6. The summed E-state index contributed by atoms with van der Waals surface area (Å²) in [4.78, 5) is 11.8. The minimum Gasteiger partial charge on any atom is -0.462 e. The van der Waals surface area contributed by atoms with Crippen molar-refractivity contribution in [3.63, 3.8) is 0 Å². The number of esters is 1. The summed E-state index contributed by atoms with van der Waals surface area (Å²) in [7, 11) is 0. The van der Waals surface area contributed by atoms with E-state index in [1.54, 1.807) is 0 Å². The maximum absolute atomic E-state index is 11.8. The predicted octanol–water partition coefficient (Wildman–Crippen LogP) is 1.74. The quantitative estimate of drug-likeness (QED) is 0.700. The van der Waals surface area contributed by atoms with Gasteiger partial charge in [-0.2, -0.15) is 0 Å². The first-order valence-electron chi connectivity index (χ1n) is 6.04. The van der Waals surface area contributed by atoms with Crippen molar-refractivity contribution in [1.29, 1.82) is 0 Å². The Morgan fingerprint density at radius 3 is 2.12 bits per heavy atom. The smallest absolute Gasteiger partial charge is 0.311 e. The first-order valence-corrected chi connectivity index (χ1v) is 6.04. The van der Waals surface area contributed by atoms with Gasteiger partial charge in [-0.25, -0.2) is 0 Å². The second kappa shape index (κ2) is 6.36. The molecule has 0 bridgehead atoms. The molecule has 0 heterocycles. The number of rotatable bonds is 6. The van der Waals surface area contributed by atoms with Crippen molar-refractivity contribution in [2.75, 3.05) is 13.2 Å². The van der Waals surface area contributed by atoms with E-state index < -0.39 is 18.1 Å². The lowest BCUT2D eigenvalue weighted by molar-refractivity contribution is -0.158. The van der Waals surface area contributed by atoms with Crippen LogP contribution in [0.2, 0.25) is 0 Å². The molecule has 1 atom stereocenters. The minimum absolute atomic E-state index is 0.145. The van der Waals surface area contributed by atoms with Gasteiger partial charge >= 0.3 is 5.97 Å². The number of aliphatic hydroxyl groups is 2. The number of carbonyl (C=O) groups is 1. The maximum atomic E-state index is 11.8. The minimum atomic E-state index is -0.989. The van der Waals surface area contributed by atoms with Gasteiger partial charge in [-0.3, -0.25) is 4.79 Å². The Hall–Kier alpha value is -0.610. The molecule has 1 unspecified atom stereocenters. The van der Waals surface area contributed by atoms with Crippen LogP contribution >= 0.6 is 0 Å². The van der Waals surface area contributed by atoms with Crippen LogP contribution in [0.15, 0.2) is 0 Å². The summed E-state index contributed by atoms with van der Waals surface area (Å²) >= 11 is 0. The van der Waals surface area contributed by atoms with Gasteiger partial charge < -0.3 is 14.9 Å². The molecule has 4 nitrogen and oxygen atoms in total. The van der Waals surface area contributed by atoms with Crippen molar-refractivity contribution < 1.29 is 19.7 Å². The highest BCUT2D eigenvalue weighted by molar-refractivity contribution is 5.75. The first-order chi connectivity index (χ1) is 7.58. The van der Waals surface area contributed by atoms with E-state index in [-0.39, 0.29) is 18.0 Å². The van der Waals surface area contributed by atoms with Crippen molar-refractivity contribution in [2.24, 2.45) is 10.8 Å². The van der Waals surface area contributed by atoms with E-state index in [2.05, 4.69) is 20.8 Å². The molecule has 17 heavy (non-hydrogen) atoms. The molecule has 0 rings (SSSR count). The topological polar surface area (TPSA) is 66.8 Å². The van der Waals surface area contributed by atoms with E-state index in [9.17, 15) is 4.79 Å². The molecule has 0 amide bonds. The molecule has 0 saturated heterocycles. The van der Waals surface area contributed by atoms with Gasteiger partial charge in [0.1, 0.15) is 12.7 Å². The Bertz CT molecular complexity index is 240. The van der Waals surface area contributed by atoms with Crippen LogP contribution in [0, 0.1) is 10.8 Å². The van der Waals surface area contributed by atoms with Gasteiger partial charge in [0.25, 0.3) is 0 Å². The van der Waals surface area contributed by atoms with Crippen LogP contribution in [0.3, 0.4) is 0 Å². The van der Waals surface area contributed by atoms with Gasteiger partial charge in [0.15, 0.2) is 0 Å². The second-order valence-corrected chi connectivity index (χ2v) is 6.38. The van der Waals surface area contributed by atoms with Crippen molar-refractivity contribution >= 4 is 5.97 Å². The Labute approximate surface area is 104 Å². The molecule has 0 spiro atoms. The maximum Gasteiger partial charge on any atom is 0.311 e. The third-order valence-corrected chi connectivity index (χ3v) is 2.67. The molecule has 0 radical (unpaired) electrons. The van der Waals surface area contributed by atoms with E-state index in [4.69, 9.17) is 14.9 Å². The second-order valence-electron chi connectivity index (χ2n) is 6.38. The number of ether oxygens (including phenoxy) is 1. The highest BCUT2D eigenvalue weighted by Gasteiger charge is 2.31. The Morgan fingerprint density at radius 1 is 1.18 bits per heavy atom. The van der Waals surface area contributed by atoms with Crippen molar-refractivity contribution in [1.82, 2.24) is 0 Å². The van der Waals surface area contributed by atoms with Crippen LogP contribution in [0.5, 0.6) is 0 Å². The highest BCUT2D eigenvalue weighted by Crippen LogP contribution is 2.31. The average molecular weight is 246 g/mol. The molecule has 0 aliphatic rings. The van der Waals surface area contributed by atoms with Crippen LogP contribution in [0.4, 0.5) is 0 Å². The molecular weight excluding hydrogens is 220 g/mol. The highest BCUT2D eigenvalue weighted by atomic mass is 16.5. The standard InChI is InChI=1S/C13H26O4/c1-12(2,3)6-7-13(4,5)11(16)17-9-10(15)8-14/h10,14-15H,6-9H2,1-5H3. The number of aliphatic hydroxyl groups excluding tert-OH is 2. The van der Waals surface area contributed by atoms with Crippen LogP contribution in [-0.4, -0.2) is 35.5 Å². The van der Waals surface area contributed by atoms with E-state index in [0.717, 1.165) is 12.8 Å². The van der Waals surface area contributed by atoms with Crippen LogP contribution in [0.1, 0.15) is 47.5 Å². The fourth-order valence-electron chi connectivity index (χ4n) is 1.21. The molecule has 0 saturated carbocycles. The molecule has 0 aromatic carbocycles. The third kappa shape index (κ3) is 7.34. The number of hydrogen-bond acceptors (Lipinski definition) is 4.